The lowest BCUT2D eigenvalue weighted by atomic mass is 10.2. The molecule has 1 aliphatic heterocycles. The minimum Gasteiger partial charge on any atom is -0.497 e. The summed E-state index contributed by atoms with van der Waals surface area (Å²) in [4.78, 5) is 11.6. The fourth-order valence-corrected chi connectivity index (χ4v) is 2.25. The highest BCUT2D eigenvalue weighted by molar-refractivity contribution is 5.77. The topological polar surface area (TPSA) is 68.8 Å². The third-order valence-corrected chi connectivity index (χ3v) is 3.43. The van der Waals surface area contributed by atoms with Crippen LogP contribution in [0.4, 0.5) is 0 Å². The number of benzene rings is 1. The van der Waals surface area contributed by atoms with E-state index in [0.29, 0.717) is 19.7 Å². The molecule has 1 heterocycles. The molecule has 1 amide bonds. The summed E-state index contributed by atoms with van der Waals surface area (Å²) in [6.07, 6.45) is 2.44. The Hall–Kier alpha value is -1.79. The van der Waals surface area contributed by atoms with E-state index < -0.39 is 0 Å². The van der Waals surface area contributed by atoms with Crippen LogP contribution >= 0.6 is 0 Å². The first-order valence-corrected chi connectivity index (χ1v) is 7.64. The van der Waals surface area contributed by atoms with Gasteiger partial charge in [0.15, 0.2) is 0 Å². The first-order chi connectivity index (χ1) is 10.8. The number of hydrogen-bond donors (Lipinski definition) is 2. The predicted molar refractivity (Wildman–Crippen MR) is 83.3 cm³/mol. The average molecular weight is 308 g/mol. The summed E-state index contributed by atoms with van der Waals surface area (Å²) >= 11 is 0. The molecule has 1 aromatic rings. The molecule has 1 aliphatic rings. The Balaban J connectivity index is 1.50. The molecule has 0 saturated carbocycles. The average Bonchev–Trinajstić information content (AvgIpc) is 3.05. The zero-order valence-electron chi connectivity index (χ0n) is 13.0. The summed E-state index contributed by atoms with van der Waals surface area (Å²) < 4.78 is 16.1. The highest BCUT2D eigenvalue weighted by Crippen LogP contribution is 2.16. The lowest BCUT2D eigenvalue weighted by Gasteiger charge is -2.11. The number of amides is 1. The SMILES string of the molecule is COc1ccc(OCCNC(=O)CNCC2CCCO2)cc1. The Bertz CT molecular complexity index is 444. The molecular formula is C16H24N2O4. The molecule has 6 nitrogen and oxygen atoms in total. The summed E-state index contributed by atoms with van der Waals surface area (Å²) in [5, 5.41) is 5.92. The van der Waals surface area contributed by atoms with Crippen molar-refractivity contribution in [3.8, 4) is 11.5 Å². The molecule has 1 atom stereocenters. The van der Waals surface area contributed by atoms with Crippen molar-refractivity contribution in [2.75, 3.05) is 40.0 Å². The first-order valence-electron chi connectivity index (χ1n) is 7.64. The number of carbonyl (C=O) groups excluding carboxylic acids is 1. The van der Waals surface area contributed by atoms with Crippen LogP contribution in [0.15, 0.2) is 24.3 Å². The van der Waals surface area contributed by atoms with E-state index in [4.69, 9.17) is 14.2 Å². The summed E-state index contributed by atoms with van der Waals surface area (Å²) in [6.45, 7) is 2.79. The first kappa shape index (κ1) is 16.6. The molecule has 1 aromatic carbocycles. The second-order valence-electron chi connectivity index (χ2n) is 5.14. The third-order valence-electron chi connectivity index (χ3n) is 3.43. The molecule has 1 saturated heterocycles. The van der Waals surface area contributed by atoms with Gasteiger partial charge in [0.1, 0.15) is 18.1 Å². The third kappa shape index (κ3) is 5.91. The summed E-state index contributed by atoms with van der Waals surface area (Å²) in [6, 6.07) is 7.35. The van der Waals surface area contributed by atoms with Crippen LogP contribution in [0.3, 0.4) is 0 Å². The molecule has 0 spiro atoms. The van der Waals surface area contributed by atoms with Gasteiger partial charge in [0, 0.05) is 13.2 Å². The second kappa shape index (κ2) is 9.27. The Labute approximate surface area is 131 Å². The lowest BCUT2D eigenvalue weighted by Crippen LogP contribution is -2.38. The summed E-state index contributed by atoms with van der Waals surface area (Å²) in [5.74, 6) is 1.51. The van der Waals surface area contributed by atoms with Crippen molar-refractivity contribution in [3.63, 3.8) is 0 Å². The molecule has 1 fully saturated rings. The second-order valence-corrected chi connectivity index (χ2v) is 5.14. The molecule has 6 heteroatoms. The van der Waals surface area contributed by atoms with E-state index in [-0.39, 0.29) is 12.0 Å². The van der Waals surface area contributed by atoms with Crippen LogP contribution in [0.5, 0.6) is 11.5 Å². The highest BCUT2D eigenvalue weighted by Gasteiger charge is 2.14. The van der Waals surface area contributed by atoms with Gasteiger partial charge >= 0.3 is 0 Å². The molecular weight excluding hydrogens is 284 g/mol. The molecule has 1 unspecified atom stereocenters. The van der Waals surface area contributed by atoms with Crippen molar-refractivity contribution >= 4 is 5.91 Å². The number of carbonyl (C=O) groups is 1. The maximum atomic E-state index is 11.6. The molecule has 0 aliphatic carbocycles. The van der Waals surface area contributed by atoms with E-state index in [9.17, 15) is 4.79 Å². The summed E-state index contributed by atoms with van der Waals surface area (Å²) in [5.41, 5.74) is 0. The Kier molecular flexibility index (Phi) is 6.99. The van der Waals surface area contributed by atoms with Crippen molar-refractivity contribution < 1.29 is 19.0 Å². The Morgan fingerprint density at radius 3 is 2.77 bits per heavy atom. The quantitative estimate of drug-likeness (QED) is 0.665. The molecule has 122 valence electrons. The Morgan fingerprint density at radius 1 is 1.32 bits per heavy atom. The monoisotopic (exact) mass is 308 g/mol. The van der Waals surface area contributed by atoms with E-state index in [0.717, 1.165) is 37.5 Å². The normalized spacial score (nSPS) is 17.2. The zero-order chi connectivity index (χ0) is 15.6. The van der Waals surface area contributed by atoms with E-state index in [1.165, 1.54) is 0 Å². The van der Waals surface area contributed by atoms with Gasteiger partial charge in [0.25, 0.3) is 0 Å². The van der Waals surface area contributed by atoms with Gasteiger partial charge in [0.05, 0.1) is 26.3 Å². The number of nitrogens with one attached hydrogen (secondary N) is 2. The minimum atomic E-state index is -0.0312. The maximum Gasteiger partial charge on any atom is 0.234 e. The van der Waals surface area contributed by atoms with E-state index >= 15 is 0 Å². The fraction of sp³-hybridized carbons (Fsp3) is 0.562. The smallest absolute Gasteiger partial charge is 0.234 e. The van der Waals surface area contributed by atoms with E-state index in [2.05, 4.69) is 10.6 Å². The highest BCUT2D eigenvalue weighted by atomic mass is 16.5. The van der Waals surface area contributed by atoms with Crippen LogP contribution in [-0.2, 0) is 9.53 Å². The van der Waals surface area contributed by atoms with E-state index in [1.807, 2.05) is 24.3 Å². The maximum absolute atomic E-state index is 11.6. The lowest BCUT2D eigenvalue weighted by molar-refractivity contribution is -0.120. The van der Waals surface area contributed by atoms with Crippen molar-refractivity contribution in [2.24, 2.45) is 0 Å². The molecule has 2 rings (SSSR count). The van der Waals surface area contributed by atoms with Crippen LogP contribution in [0.25, 0.3) is 0 Å². The Morgan fingerprint density at radius 2 is 2.09 bits per heavy atom. The van der Waals surface area contributed by atoms with Crippen LogP contribution in [0.1, 0.15) is 12.8 Å². The number of rotatable bonds is 9. The van der Waals surface area contributed by atoms with Crippen LogP contribution in [-0.4, -0.2) is 52.0 Å². The number of hydrogen-bond acceptors (Lipinski definition) is 5. The van der Waals surface area contributed by atoms with Gasteiger partial charge in [-0.3, -0.25) is 4.79 Å². The number of ether oxygens (including phenoxy) is 3. The van der Waals surface area contributed by atoms with Crippen LogP contribution in [0, 0.1) is 0 Å². The van der Waals surface area contributed by atoms with Crippen molar-refractivity contribution in [3.05, 3.63) is 24.3 Å². The van der Waals surface area contributed by atoms with Crippen LogP contribution < -0.4 is 20.1 Å². The predicted octanol–water partition coefficient (Wildman–Crippen LogP) is 0.959. The molecule has 22 heavy (non-hydrogen) atoms. The molecule has 0 bridgehead atoms. The zero-order valence-corrected chi connectivity index (χ0v) is 13.0. The van der Waals surface area contributed by atoms with Crippen LogP contribution in [0.2, 0.25) is 0 Å². The number of methoxy groups -OCH3 is 1. The van der Waals surface area contributed by atoms with Gasteiger partial charge in [-0.05, 0) is 37.1 Å². The molecule has 0 radical (unpaired) electrons. The summed E-state index contributed by atoms with van der Waals surface area (Å²) in [7, 11) is 1.62. The minimum absolute atomic E-state index is 0.0312. The van der Waals surface area contributed by atoms with Gasteiger partial charge < -0.3 is 24.8 Å². The molecule has 2 N–H and O–H groups in total. The van der Waals surface area contributed by atoms with Gasteiger partial charge in [-0.25, -0.2) is 0 Å². The molecule has 0 aromatic heterocycles. The van der Waals surface area contributed by atoms with Crippen molar-refractivity contribution in [1.29, 1.82) is 0 Å². The van der Waals surface area contributed by atoms with Gasteiger partial charge in [-0.2, -0.15) is 0 Å². The van der Waals surface area contributed by atoms with Gasteiger partial charge in [0.2, 0.25) is 5.91 Å². The van der Waals surface area contributed by atoms with E-state index in [1.54, 1.807) is 7.11 Å². The van der Waals surface area contributed by atoms with Gasteiger partial charge in [-0.15, -0.1) is 0 Å². The van der Waals surface area contributed by atoms with Crippen molar-refractivity contribution in [2.45, 2.75) is 18.9 Å². The van der Waals surface area contributed by atoms with Crippen molar-refractivity contribution in [1.82, 2.24) is 10.6 Å². The fourth-order valence-electron chi connectivity index (χ4n) is 2.25. The standard InChI is InChI=1S/C16H24N2O4/c1-20-13-4-6-14(7-5-13)22-10-8-18-16(19)12-17-11-15-3-2-9-21-15/h4-7,15,17H,2-3,8-12H2,1H3,(H,18,19). The largest absolute Gasteiger partial charge is 0.497 e. The van der Waals surface area contributed by atoms with Gasteiger partial charge in [-0.1, -0.05) is 0 Å².